The van der Waals surface area contributed by atoms with Crippen molar-refractivity contribution in [3.8, 4) is 0 Å². The highest BCUT2D eigenvalue weighted by Crippen LogP contribution is 2.16. The third kappa shape index (κ3) is 3.37. The lowest BCUT2D eigenvalue weighted by atomic mass is 10.2. The largest absolute Gasteiger partial charge is 0.245 e. The van der Waals surface area contributed by atoms with Crippen molar-refractivity contribution >= 4 is 21.4 Å². The summed E-state index contributed by atoms with van der Waals surface area (Å²) in [5, 5.41) is 2.68. The van der Waals surface area contributed by atoms with Crippen LogP contribution >= 0.6 is 11.3 Å². The number of benzene rings is 1. The van der Waals surface area contributed by atoms with Gasteiger partial charge in [0.25, 0.3) is 0 Å². The highest BCUT2D eigenvalue weighted by molar-refractivity contribution is 7.89. The number of hydrogen-bond acceptors (Lipinski definition) is 4. The molecule has 102 valence electrons. The first-order valence-electron chi connectivity index (χ1n) is 5.55. The Bertz CT molecular complexity index is 696. The molecule has 0 amide bonds. The van der Waals surface area contributed by atoms with E-state index >= 15 is 0 Å². The molecule has 7 heteroatoms. The summed E-state index contributed by atoms with van der Waals surface area (Å²) in [5.41, 5.74) is 1.05. The van der Waals surface area contributed by atoms with Crippen molar-refractivity contribution in [1.82, 2.24) is 9.71 Å². The third-order valence-electron chi connectivity index (χ3n) is 2.54. The quantitative estimate of drug-likeness (QED) is 0.943. The lowest BCUT2D eigenvalue weighted by molar-refractivity contribution is 0.578. The molecular weight excluding hydrogens is 287 g/mol. The van der Waals surface area contributed by atoms with Gasteiger partial charge in [-0.15, -0.1) is 11.3 Å². The molecule has 0 unspecified atom stereocenters. The van der Waals surface area contributed by atoms with E-state index in [0.717, 1.165) is 11.1 Å². The fraction of sp³-hybridized carbons (Fsp3) is 0.250. The van der Waals surface area contributed by atoms with Crippen LogP contribution in [0.5, 0.6) is 0 Å². The zero-order valence-corrected chi connectivity index (χ0v) is 12.1. The van der Waals surface area contributed by atoms with Crippen molar-refractivity contribution in [3.05, 3.63) is 45.7 Å². The standard InChI is InChI=1S/C12H13FN2O2S2/c1-8-5-10(13)3-4-12(8)19(16,17)14-6-11-7-18-9(2)15-11/h3-5,7,14H,6H2,1-2H3. The first-order valence-corrected chi connectivity index (χ1v) is 7.91. The van der Waals surface area contributed by atoms with Crippen LogP contribution < -0.4 is 4.72 Å². The van der Waals surface area contributed by atoms with Gasteiger partial charge in [0.15, 0.2) is 0 Å². The smallest absolute Gasteiger partial charge is 0.241 e. The van der Waals surface area contributed by atoms with Crippen LogP contribution in [-0.4, -0.2) is 13.4 Å². The van der Waals surface area contributed by atoms with Crippen LogP contribution in [-0.2, 0) is 16.6 Å². The monoisotopic (exact) mass is 300 g/mol. The van der Waals surface area contributed by atoms with Crippen LogP contribution in [0.25, 0.3) is 0 Å². The summed E-state index contributed by atoms with van der Waals surface area (Å²) >= 11 is 1.46. The number of nitrogens with zero attached hydrogens (tertiary/aromatic N) is 1. The van der Waals surface area contributed by atoms with Gasteiger partial charge in [-0.3, -0.25) is 0 Å². The summed E-state index contributed by atoms with van der Waals surface area (Å²) in [5.74, 6) is -0.452. The van der Waals surface area contributed by atoms with Gasteiger partial charge in [0.2, 0.25) is 10.0 Å². The summed E-state index contributed by atoms with van der Waals surface area (Å²) in [7, 11) is -3.65. The Hall–Kier alpha value is -1.31. The number of rotatable bonds is 4. The highest BCUT2D eigenvalue weighted by atomic mass is 32.2. The van der Waals surface area contributed by atoms with Gasteiger partial charge in [-0.2, -0.15) is 0 Å². The minimum atomic E-state index is -3.65. The minimum Gasteiger partial charge on any atom is -0.245 e. The van der Waals surface area contributed by atoms with E-state index in [9.17, 15) is 12.8 Å². The molecule has 1 heterocycles. The Morgan fingerprint density at radius 2 is 2.11 bits per heavy atom. The van der Waals surface area contributed by atoms with Crippen LogP contribution in [0, 0.1) is 19.7 Å². The predicted molar refractivity (Wildman–Crippen MR) is 72.0 cm³/mol. The molecule has 2 aromatic rings. The van der Waals surface area contributed by atoms with Gasteiger partial charge >= 0.3 is 0 Å². The molecule has 0 saturated carbocycles. The molecule has 0 spiro atoms. The average Bonchev–Trinajstić information content (AvgIpc) is 2.72. The highest BCUT2D eigenvalue weighted by Gasteiger charge is 2.17. The number of hydrogen-bond donors (Lipinski definition) is 1. The van der Waals surface area contributed by atoms with Crippen molar-refractivity contribution in [2.45, 2.75) is 25.3 Å². The normalized spacial score (nSPS) is 11.7. The maximum absolute atomic E-state index is 13.0. The van der Waals surface area contributed by atoms with Crippen LogP contribution in [0.15, 0.2) is 28.5 Å². The average molecular weight is 300 g/mol. The van der Waals surface area contributed by atoms with E-state index in [4.69, 9.17) is 0 Å². The molecule has 0 aliphatic rings. The molecule has 1 aromatic heterocycles. The Balaban J connectivity index is 2.18. The van der Waals surface area contributed by atoms with Crippen molar-refractivity contribution in [2.24, 2.45) is 0 Å². The second-order valence-corrected chi connectivity index (χ2v) is 6.89. The Labute approximate surface area is 115 Å². The predicted octanol–water partition coefficient (Wildman–Crippen LogP) is 2.38. The molecule has 0 aliphatic heterocycles. The van der Waals surface area contributed by atoms with Crippen molar-refractivity contribution in [2.75, 3.05) is 0 Å². The Morgan fingerprint density at radius 3 is 2.68 bits per heavy atom. The summed E-state index contributed by atoms with van der Waals surface area (Å²) in [6.07, 6.45) is 0. The molecular formula is C12H13FN2O2S2. The zero-order valence-electron chi connectivity index (χ0n) is 10.5. The number of thiazole rings is 1. The molecule has 0 fully saturated rings. The van der Waals surface area contributed by atoms with Crippen LogP contribution in [0.3, 0.4) is 0 Å². The van der Waals surface area contributed by atoms with Gasteiger partial charge < -0.3 is 0 Å². The van der Waals surface area contributed by atoms with E-state index in [1.807, 2.05) is 6.92 Å². The van der Waals surface area contributed by atoms with Crippen LogP contribution in [0.1, 0.15) is 16.3 Å². The first kappa shape index (κ1) is 14.1. The topological polar surface area (TPSA) is 59.1 Å². The summed E-state index contributed by atoms with van der Waals surface area (Å²) in [6, 6.07) is 3.59. The third-order valence-corrected chi connectivity index (χ3v) is 4.92. The van der Waals surface area contributed by atoms with Gasteiger partial charge in [-0.1, -0.05) is 0 Å². The summed E-state index contributed by atoms with van der Waals surface area (Å²) in [4.78, 5) is 4.26. The minimum absolute atomic E-state index is 0.0841. The first-order chi connectivity index (χ1) is 8.88. The molecule has 1 aromatic carbocycles. The zero-order chi connectivity index (χ0) is 14.0. The maximum Gasteiger partial charge on any atom is 0.241 e. The summed E-state index contributed by atoms with van der Waals surface area (Å²) < 4.78 is 39.6. The number of sulfonamides is 1. The number of nitrogens with one attached hydrogen (secondary N) is 1. The van der Waals surface area contributed by atoms with Gasteiger partial charge in [0.05, 0.1) is 22.1 Å². The maximum atomic E-state index is 13.0. The molecule has 0 radical (unpaired) electrons. The van der Waals surface area contributed by atoms with Gasteiger partial charge in [-0.25, -0.2) is 22.5 Å². The van der Waals surface area contributed by atoms with Crippen molar-refractivity contribution in [1.29, 1.82) is 0 Å². The number of aromatic nitrogens is 1. The van der Waals surface area contributed by atoms with Gasteiger partial charge in [0.1, 0.15) is 5.82 Å². The van der Waals surface area contributed by atoms with Crippen molar-refractivity contribution in [3.63, 3.8) is 0 Å². The molecule has 19 heavy (non-hydrogen) atoms. The molecule has 0 bridgehead atoms. The van der Waals surface area contributed by atoms with E-state index < -0.39 is 15.8 Å². The van der Waals surface area contributed by atoms with E-state index in [-0.39, 0.29) is 11.4 Å². The number of halogens is 1. The van der Waals surface area contributed by atoms with Gasteiger partial charge in [-0.05, 0) is 37.6 Å². The van der Waals surface area contributed by atoms with E-state index in [1.54, 1.807) is 12.3 Å². The lowest BCUT2D eigenvalue weighted by Gasteiger charge is -2.08. The Kier molecular flexibility index (Phi) is 3.98. The van der Waals surface area contributed by atoms with E-state index in [2.05, 4.69) is 9.71 Å². The molecule has 0 atom stereocenters. The van der Waals surface area contributed by atoms with Crippen molar-refractivity contribution < 1.29 is 12.8 Å². The molecule has 1 N–H and O–H groups in total. The molecule has 4 nitrogen and oxygen atoms in total. The molecule has 2 rings (SSSR count). The second kappa shape index (κ2) is 5.36. The SMILES string of the molecule is Cc1nc(CNS(=O)(=O)c2ccc(F)cc2C)cs1. The fourth-order valence-electron chi connectivity index (χ4n) is 1.65. The van der Waals surface area contributed by atoms with Crippen LogP contribution in [0.4, 0.5) is 4.39 Å². The Morgan fingerprint density at radius 1 is 1.37 bits per heavy atom. The molecule has 0 aliphatic carbocycles. The fourth-order valence-corrected chi connectivity index (χ4v) is 3.49. The number of aryl methyl sites for hydroxylation is 2. The van der Waals surface area contributed by atoms with E-state index in [1.165, 1.54) is 23.5 Å². The second-order valence-electron chi connectivity index (χ2n) is 4.09. The summed E-state index contributed by atoms with van der Waals surface area (Å²) in [6.45, 7) is 3.54. The molecule has 0 saturated heterocycles. The van der Waals surface area contributed by atoms with E-state index in [0.29, 0.717) is 11.3 Å². The van der Waals surface area contributed by atoms with Gasteiger partial charge in [0, 0.05) is 5.38 Å². The van der Waals surface area contributed by atoms with Crippen LogP contribution in [0.2, 0.25) is 0 Å². The lowest BCUT2D eigenvalue weighted by Crippen LogP contribution is -2.24.